The molecule has 0 spiro atoms. The Kier molecular flexibility index (Phi) is 3.71. The maximum absolute atomic E-state index is 10.6. The summed E-state index contributed by atoms with van der Waals surface area (Å²) in [5.74, 6) is 0.970. The van der Waals surface area contributed by atoms with Crippen LogP contribution >= 0.6 is 11.8 Å². The average Bonchev–Trinajstić information content (AvgIpc) is 2.38. The molecule has 1 heterocycles. The third-order valence-corrected chi connectivity index (χ3v) is 4.14. The first kappa shape index (κ1) is 13.1. The van der Waals surface area contributed by atoms with E-state index in [2.05, 4.69) is 17.1 Å². The van der Waals surface area contributed by atoms with Crippen LogP contribution in [0.4, 0.5) is 0 Å². The van der Waals surface area contributed by atoms with Crippen LogP contribution in [-0.2, 0) is 5.54 Å². The van der Waals surface area contributed by atoms with Crippen LogP contribution in [0.5, 0.6) is 0 Å². The SMILES string of the molecule is CC(N=O)c1cccc(C2(C)CCSC(N)=N2)c1. The van der Waals surface area contributed by atoms with Gasteiger partial charge in [0.05, 0.1) is 5.54 Å². The largest absolute Gasteiger partial charge is 0.379 e. The summed E-state index contributed by atoms with van der Waals surface area (Å²) in [6.07, 6.45) is 0.949. The molecule has 2 rings (SSSR count). The molecule has 2 unspecified atom stereocenters. The van der Waals surface area contributed by atoms with Gasteiger partial charge in [-0.3, -0.25) is 4.99 Å². The Balaban J connectivity index is 2.39. The normalized spacial score (nSPS) is 25.3. The zero-order chi connectivity index (χ0) is 13.2. The minimum Gasteiger partial charge on any atom is -0.379 e. The lowest BCUT2D eigenvalue weighted by Gasteiger charge is -2.30. The topological polar surface area (TPSA) is 67.8 Å². The second-order valence-corrected chi connectivity index (χ2v) is 5.84. The molecule has 1 aromatic carbocycles. The quantitative estimate of drug-likeness (QED) is 0.852. The van der Waals surface area contributed by atoms with Gasteiger partial charge in [0.25, 0.3) is 0 Å². The van der Waals surface area contributed by atoms with E-state index < -0.39 is 0 Å². The molecule has 0 fully saturated rings. The summed E-state index contributed by atoms with van der Waals surface area (Å²) >= 11 is 1.59. The lowest BCUT2D eigenvalue weighted by atomic mass is 9.88. The highest BCUT2D eigenvalue weighted by Crippen LogP contribution is 2.36. The van der Waals surface area contributed by atoms with Gasteiger partial charge in [-0.05, 0) is 31.4 Å². The molecule has 0 bridgehead atoms. The van der Waals surface area contributed by atoms with Gasteiger partial charge in [0.2, 0.25) is 0 Å². The molecular formula is C13H17N3OS. The van der Waals surface area contributed by atoms with Crippen molar-refractivity contribution in [3.05, 3.63) is 40.3 Å². The van der Waals surface area contributed by atoms with Crippen molar-refractivity contribution in [2.45, 2.75) is 31.8 Å². The fourth-order valence-electron chi connectivity index (χ4n) is 2.09. The Labute approximate surface area is 111 Å². The molecule has 0 aromatic heterocycles. The molecule has 0 radical (unpaired) electrons. The second kappa shape index (κ2) is 5.10. The fraction of sp³-hybridized carbons (Fsp3) is 0.462. The summed E-state index contributed by atoms with van der Waals surface area (Å²) in [6, 6.07) is 7.59. The van der Waals surface area contributed by atoms with Gasteiger partial charge in [-0.25, -0.2) is 0 Å². The van der Waals surface area contributed by atoms with E-state index in [-0.39, 0.29) is 11.6 Å². The van der Waals surface area contributed by atoms with E-state index in [1.165, 1.54) is 0 Å². The zero-order valence-corrected chi connectivity index (χ0v) is 11.4. The van der Waals surface area contributed by atoms with Gasteiger partial charge in [-0.1, -0.05) is 41.2 Å². The van der Waals surface area contributed by atoms with E-state index >= 15 is 0 Å². The summed E-state index contributed by atoms with van der Waals surface area (Å²) < 4.78 is 0. The van der Waals surface area contributed by atoms with Gasteiger partial charge in [0.15, 0.2) is 5.17 Å². The van der Waals surface area contributed by atoms with Crippen molar-refractivity contribution in [3.63, 3.8) is 0 Å². The van der Waals surface area contributed by atoms with E-state index in [0.717, 1.165) is 23.3 Å². The van der Waals surface area contributed by atoms with Crippen LogP contribution in [0.3, 0.4) is 0 Å². The number of nitroso groups, excluding NO2 is 1. The zero-order valence-electron chi connectivity index (χ0n) is 10.6. The molecule has 2 atom stereocenters. The molecule has 1 aliphatic heterocycles. The highest BCUT2D eigenvalue weighted by Gasteiger charge is 2.29. The van der Waals surface area contributed by atoms with Crippen LogP contribution in [0.15, 0.2) is 34.4 Å². The summed E-state index contributed by atoms with van der Waals surface area (Å²) in [7, 11) is 0. The van der Waals surface area contributed by atoms with Crippen LogP contribution in [0.1, 0.15) is 37.4 Å². The minimum absolute atomic E-state index is 0.284. The summed E-state index contributed by atoms with van der Waals surface area (Å²) in [5.41, 5.74) is 7.56. The smallest absolute Gasteiger partial charge is 0.154 e. The third kappa shape index (κ3) is 2.56. The first-order valence-electron chi connectivity index (χ1n) is 5.96. The maximum atomic E-state index is 10.6. The molecule has 5 heteroatoms. The molecular weight excluding hydrogens is 246 g/mol. The number of nitrogens with zero attached hydrogens (tertiary/aromatic N) is 2. The van der Waals surface area contributed by atoms with Crippen LogP contribution in [-0.4, -0.2) is 10.9 Å². The van der Waals surface area contributed by atoms with E-state index in [9.17, 15) is 4.91 Å². The highest BCUT2D eigenvalue weighted by atomic mass is 32.2. The van der Waals surface area contributed by atoms with Gasteiger partial charge in [0.1, 0.15) is 6.04 Å². The van der Waals surface area contributed by atoms with E-state index in [1.807, 2.05) is 24.3 Å². The molecule has 1 aromatic rings. The molecule has 18 heavy (non-hydrogen) atoms. The van der Waals surface area contributed by atoms with Gasteiger partial charge < -0.3 is 5.73 Å². The molecule has 2 N–H and O–H groups in total. The van der Waals surface area contributed by atoms with Crippen LogP contribution in [0.25, 0.3) is 0 Å². The van der Waals surface area contributed by atoms with Crippen molar-refractivity contribution < 1.29 is 0 Å². The van der Waals surface area contributed by atoms with Crippen molar-refractivity contribution in [2.75, 3.05) is 5.75 Å². The van der Waals surface area contributed by atoms with Gasteiger partial charge in [-0.2, -0.15) is 4.91 Å². The molecule has 1 aliphatic rings. The summed E-state index contributed by atoms with van der Waals surface area (Å²) in [5, 5.41) is 3.70. The predicted octanol–water partition coefficient (Wildman–Crippen LogP) is 3.18. The Morgan fingerprint density at radius 3 is 3.00 bits per heavy atom. The molecule has 0 aliphatic carbocycles. The van der Waals surface area contributed by atoms with E-state index in [0.29, 0.717) is 5.17 Å². The van der Waals surface area contributed by atoms with Crippen molar-refractivity contribution in [1.82, 2.24) is 0 Å². The van der Waals surface area contributed by atoms with Gasteiger partial charge >= 0.3 is 0 Å². The fourth-order valence-corrected chi connectivity index (χ4v) is 3.06. The van der Waals surface area contributed by atoms with Gasteiger partial charge in [-0.15, -0.1) is 0 Å². The van der Waals surface area contributed by atoms with Crippen LogP contribution in [0, 0.1) is 4.91 Å². The molecule has 4 nitrogen and oxygen atoms in total. The number of benzene rings is 1. The van der Waals surface area contributed by atoms with E-state index in [4.69, 9.17) is 5.73 Å². The standard InChI is InChI=1S/C13H17N3OS/c1-9(16-17)10-4-3-5-11(8-10)13(2)6-7-18-12(14)15-13/h3-5,8-9H,6-7H2,1-2H3,(H2,14,15). The number of thioether (sulfide) groups is 1. The van der Waals surface area contributed by atoms with Crippen molar-refractivity contribution in [3.8, 4) is 0 Å². The molecule has 0 saturated carbocycles. The average molecular weight is 263 g/mol. The molecule has 0 saturated heterocycles. The Morgan fingerprint density at radius 2 is 2.33 bits per heavy atom. The maximum Gasteiger partial charge on any atom is 0.154 e. The monoisotopic (exact) mass is 263 g/mol. The van der Waals surface area contributed by atoms with E-state index in [1.54, 1.807) is 18.7 Å². The Morgan fingerprint density at radius 1 is 1.56 bits per heavy atom. The van der Waals surface area contributed by atoms with Crippen molar-refractivity contribution in [2.24, 2.45) is 15.9 Å². The Hall–Kier alpha value is -1.36. The predicted molar refractivity (Wildman–Crippen MR) is 76.7 cm³/mol. The number of amidine groups is 1. The lowest BCUT2D eigenvalue weighted by molar-refractivity contribution is 0.481. The van der Waals surface area contributed by atoms with Crippen LogP contribution < -0.4 is 5.73 Å². The Bertz CT molecular complexity index is 489. The number of aliphatic imine (C=N–C) groups is 1. The summed E-state index contributed by atoms with van der Waals surface area (Å²) in [6.45, 7) is 3.88. The number of hydrogen-bond acceptors (Lipinski definition) is 5. The van der Waals surface area contributed by atoms with Crippen molar-refractivity contribution >= 4 is 16.9 Å². The lowest BCUT2D eigenvalue weighted by Crippen LogP contribution is -2.28. The minimum atomic E-state index is -0.326. The van der Waals surface area contributed by atoms with Gasteiger partial charge in [0, 0.05) is 5.75 Å². The molecule has 0 amide bonds. The van der Waals surface area contributed by atoms with Crippen LogP contribution in [0.2, 0.25) is 0 Å². The number of rotatable bonds is 3. The third-order valence-electron chi connectivity index (χ3n) is 3.34. The number of hydrogen-bond donors (Lipinski definition) is 1. The first-order chi connectivity index (χ1) is 8.55. The summed E-state index contributed by atoms with van der Waals surface area (Å²) in [4.78, 5) is 15.2. The number of nitrogens with two attached hydrogens (primary N) is 1. The molecule has 96 valence electrons. The second-order valence-electron chi connectivity index (χ2n) is 4.73. The van der Waals surface area contributed by atoms with Crippen molar-refractivity contribution in [1.29, 1.82) is 0 Å². The first-order valence-corrected chi connectivity index (χ1v) is 6.95. The highest BCUT2D eigenvalue weighted by molar-refractivity contribution is 8.13.